The smallest absolute Gasteiger partial charge is 0.227 e. The number of nitrogens with zero attached hydrogens (tertiary/aromatic N) is 1. The third-order valence-corrected chi connectivity index (χ3v) is 7.48. The molecule has 1 aromatic rings. The second kappa shape index (κ2) is 6.62. The lowest BCUT2D eigenvalue weighted by Gasteiger charge is -2.55. The van der Waals surface area contributed by atoms with Gasteiger partial charge < -0.3 is 4.90 Å². The van der Waals surface area contributed by atoms with E-state index in [1.807, 2.05) is 5.38 Å². The van der Waals surface area contributed by atoms with Crippen LogP contribution in [0.1, 0.15) is 51.0 Å². The lowest BCUT2D eigenvalue weighted by atomic mass is 9.56. The Kier molecular flexibility index (Phi) is 4.50. The van der Waals surface area contributed by atoms with Crippen LogP contribution in [0.5, 0.6) is 0 Å². The third kappa shape index (κ3) is 2.73. The normalized spacial score (nSPS) is 35.6. The Bertz CT molecular complexity index is 611. The standard InChI is InChI=1S/C20H27NO2S/c1-2-15-16-4-3-5-17-20(16)14(11-18(15)22)6-8-21(17)19(23)10-13-7-9-24-12-13/h7,9,12,14-17,20H,2-6,8,10-11H2,1H3/t14-,15+,16+,17+,20+/m1/s1. The summed E-state index contributed by atoms with van der Waals surface area (Å²) >= 11 is 1.66. The summed E-state index contributed by atoms with van der Waals surface area (Å²) in [5.74, 6) is 2.67. The molecule has 4 rings (SSSR count). The minimum absolute atomic E-state index is 0.251. The molecule has 2 heterocycles. The molecule has 3 fully saturated rings. The zero-order valence-electron chi connectivity index (χ0n) is 14.4. The number of rotatable bonds is 3. The molecule has 0 bridgehead atoms. The highest BCUT2D eigenvalue weighted by atomic mass is 32.1. The van der Waals surface area contributed by atoms with Crippen LogP contribution in [0.3, 0.4) is 0 Å². The van der Waals surface area contributed by atoms with Crippen molar-refractivity contribution in [2.45, 2.75) is 57.9 Å². The number of amides is 1. The highest BCUT2D eigenvalue weighted by Crippen LogP contribution is 2.51. The van der Waals surface area contributed by atoms with Gasteiger partial charge >= 0.3 is 0 Å². The van der Waals surface area contributed by atoms with E-state index in [2.05, 4.69) is 23.3 Å². The first-order valence-corrected chi connectivity index (χ1v) is 10.5. The van der Waals surface area contributed by atoms with Gasteiger partial charge in [-0.3, -0.25) is 9.59 Å². The van der Waals surface area contributed by atoms with Crippen molar-refractivity contribution in [3.8, 4) is 0 Å². The Balaban J connectivity index is 1.55. The molecular weight excluding hydrogens is 318 g/mol. The first kappa shape index (κ1) is 16.3. The van der Waals surface area contributed by atoms with Crippen molar-refractivity contribution < 1.29 is 9.59 Å². The van der Waals surface area contributed by atoms with Crippen LogP contribution in [0.15, 0.2) is 16.8 Å². The Hall–Kier alpha value is -1.16. The van der Waals surface area contributed by atoms with Gasteiger partial charge in [0, 0.05) is 24.9 Å². The molecule has 2 saturated carbocycles. The van der Waals surface area contributed by atoms with Crippen molar-refractivity contribution in [3.05, 3.63) is 22.4 Å². The summed E-state index contributed by atoms with van der Waals surface area (Å²) in [6.07, 6.45) is 6.80. The van der Waals surface area contributed by atoms with Crippen LogP contribution in [-0.2, 0) is 16.0 Å². The van der Waals surface area contributed by atoms with Crippen LogP contribution in [0.2, 0.25) is 0 Å². The summed E-state index contributed by atoms with van der Waals surface area (Å²) in [5, 5.41) is 4.13. The van der Waals surface area contributed by atoms with E-state index in [1.54, 1.807) is 11.3 Å². The fraction of sp³-hybridized carbons (Fsp3) is 0.700. The van der Waals surface area contributed by atoms with E-state index in [1.165, 1.54) is 12.8 Å². The average molecular weight is 346 g/mol. The van der Waals surface area contributed by atoms with Gasteiger partial charge in [0.25, 0.3) is 0 Å². The number of likely N-dealkylation sites (tertiary alicyclic amines) is 1. The summed E-state index contributed by atoms with van der Waals surface area (Å²) in [6, 6.07) is 2.45. The monoisotopic (exact) mass is 345 g/mol. The summed E-state index contributed by atoms with van der Waals surface area (Å²) in [4.78, 5) is 27.6. The molecule has 24 heavy (non-hydrogen) atoms. The fourth-order valence-corrected chi connectivity index (χ4v) is 6.46. The summed E-state index contributed by atoms with van der Waals surface area (Å²) in [7, 11) is 0. The van der Waals surface area contributed by atoms with Crippen LogP contribution >= 0.6 is 11.3 Å². The Morgan fingerprint density at radius 2 is 2.21 bits per heavy atom. The summed E-state index contributed by atoms with van der Waals surface area (Å²) in [6.45, 7) is 3.01. The topological polar surface area (TPSA) is 37.4 Å². The van der Waals surface area contributed by atoms with Gasteiger partial charge in [-0.05, 0) is 65.8 Å². The number of piperidine rings is 1. The minimum atomic E-state index is 0.251. The van der Waals surface area contributed by atoms with E-state index in [0.717, 1.165) is 37.8 Å². The predicted molar refractivity (Wildman–Crippen MR) is 95.9 cm³/mol. The molecule has 1 aliphatic heterocycles. The van der Waals surface area contributed by atoms with Gasteiger partial charge in [-0.25, -0.2) is 0 Å². The zero-order valence-corrected chi connectivity index (χ0v) is 15.3. The zero-order chi connectivity index (χ0) is 16.7. The molecule has 4 heteroatoms. The number of carbonyl (C=O) groups excluding carboxylic acids is 2. The molecule has 5 atom stereocenters. The van der Waals surface area contributed by atoms with Gasteiger partial charge in [-0.2, -0.15) is 11.3 Å². The maximum absolute atomic E-state index is 12.9. The molecule has 130 valence electrons. The lowest BCUT2D eigenvalue weighted by Crippen LogP contribution is -2.59. The number of ketones is 1. The maximum atomic E-state index is 12.9. The third-order valence-electron chi connectivity index (χ3n) is 6.75. The van der Waals surface area contributed by atoms with Crippen molar-refractivity contribution in [3.63, 3.8) is 0 Å². The highest BCUT2D eigenvalue weighted by Gasteiger charge is 2.51. The number of hydrogen-bond donors (Lipinski definition) is 0. The summed E-state index contributed by atoms with van der Waals surface area (Å²) < 4.78 is 0. The number of thiophene rings is 1. The van der Waals surface area contributed by atoms with Crippen LogP contribution in [0.4, 0.5) is 0 Å². The quantitative estimate of drug-likeness (QED) is 0.832. The SMILES string of the molecule is CC[C@@H]1C(=O)C[C@H]2CCN(C(=O)Cc3ccsc3)[C@H]3CCC[C@@H]1[C@H]23. The van der Waals surface area contributed by atoms with Crippen molar-refractivity contribution >= 4 is 23.0 Å². The highest BCUT2D eigenvalue weighted by molar-refractivity contribution is 7.08. The van der Waals surface area contributed by atoms with E-state index < -0.39 is 0 Å². The van der Waals surface area contributed by atoms with Crippen LogP contribution in [0.25, 0.3) is 0 Å². The molecule has 3 nitrogen and oxygen atoms in total. The van der Waals surface area contributed by atoms with Crippen LogP contribution in [0, 0.1) is 23.7 Å². The molecule has 0 radical (unpaired) electrons. The fourth-order valence-electron chi connectivity index (χ4n) is 5.79. The molecule has 0 unspecified atom stereocenters. The van der Waals surface area contributed by atoms with Crippen molar-refractivity contribution in [2.75, 3.05) is 6.54 Å². The van der Waals surface area contributed by atoms with Gasteiger partial charge in [0.1, 0.15) is 5.78 Å². The molecule has 2 aliphatic carbocycles. The Morgan fingerprint density at radius 1 is 1.33 bits per heavy atom. The first-order valence-electron chi connectivity index (χ1n) is 9.52. The average Bonchev–Trinajstić information content (AvgIpc) is 3.08. The Labute approximate surface area is 148 Å². The lowest BCUT2D eigenvalue weighted by molar-refractivity contribution is -0.149. The molecule has 1 saturated heterocycles. The maximum Gasteiger partial charge on any atom is 0.227 e. The van der Waals surface area contributed by atoms with Gasteiger partial charge in [0.2, 0.25) is 5.91 Å². The second-order valence-corrected chi connectivity index (χ2v) is 8.65. The molecule has 0 N–H and O–H groups in total. The molecular formula is C20H27NO2S. The minimum Gasteiger partial charge on any atom is -0.339 e. The molecule has 0 aromatic carbocycles. The van der Waals surface area contributed by atoms with Gasteiger partial charge in [0.05, 0.1) is 6.42 Å². The summed E-state index contributed by atoms with van der Waals surface area (Å²) in [5.41, 5.74) is 1.14. The van der Waals surface area contributed by atoms with E-state index in [0.29, 0.717) is 41.9 Å². The molecule has 1 aromatic heterocycles. The predicted octanol–water partition coefficient (Wildman–Crippen LogP) is 3.92. The van der Waals surface area contributed by atoms with Crippen molar-refractivity contribution in [2.24, 2.45) is 23.7 Å². The van der Waals surface area contributed by atoms with E-state index in [9.17, 15) is 9.59 Å². The van der Waals surface area contributed by atoms with Crippen molar-refractivity contribution in [1.29, 1.82) is 0 Å². The van der Waals surface area contributed by atoms with Crippen molar-refractivity contribution in [1.82, 2.24) is 4.90 Å². The van der Waals surface area contributed by atoms with E-state index in [4.69, 9.17) is 0 Å². The number of carbonyl (C=O) groups is 2. The van der Waals surface area contributed by atoms with Crippen LogP contribution in [-0.4, -0.2) is 29.2 Å². The van der Waals surface area contributed by atoms with Gasteiger partial charge in [-0.15, -0.1) is 0 Å². The van der Waals surface area contributed by atoms with E-state index >= 15 is 0 Å². The van der Waals surface area contributed by atoms with Gasteiger partial charge in [0.15, 0.2) is 0 Å². The number of hydrogen-bond acceptors (Lipinski definition) is 3. The molecule has 1 amide bonds. The molecule has 3 aliphatic rings. The first-order chi connectivity index (χ1) is 11.7. The van der Waals surface area contributed by atoms with Crippen LogP contribution < -0.4 is 0 Å². The second-order valence-electron chi connectivity index (χ2n) is 7.87. The number of Topliss-reactive ketones (excluding diaryl/α,β-unsaturated/α-hetero) is 1. The van der Waals surface area contributed by atoms with Gasteiger partial charge in [-0.1, -0.05) is 13.3 Å². The largest absolute Gasteiger partial charge is 0.339 e. The van der Waals surface area contributed by atoms with E-state index in [-0.39, 0.29) is 5.92 Å². The molecule has 0 spiro atoms. The Morgan fingerprint density at radius 3 is 2.96 bits per heavy atom.